The van der Waals surface area contributed by atoms with Crippen molar-refractivity contribution in [2.45, 2.75) is 26.3 Å². The Morgan fingerprint density at radius 2 is 2.14 bits per heavy atom. The molecule has 0 spiro atoms. The van der Waals surface area contributed by atoms with Gasteiger partial charge in [0.1, 0.15) is 5.75 Å². The molecule has 1 atom stereocenters. The molecule has 0 aliphatic heterocycles. The molecule has 0 saturated carbocycles. The van der Waals surface area contributed by atoms with E-state index in [0.717, 1.165) is 12.1 Å². The van der Waals surface area contributed by atoms with Gasteiger partial charge in [0.05, 0.1) is 16.8 Å². The molecule has 6 nitrogen and oxygen atoms in total. The molecule has 0 radical (unpaired) electrons. The Kier molecular flexibility index (Phi) is 4.49. The molecule has 0 unspecified atom stereocenters. The van der Waals surface area contributed by atoms with E-state index in [0.29, 0.717) is 11.3 Å². The van der Waals surface area contributed by atoms with E-state index in [4.69, 9.17) is 10.5 Å². The number of hydrogen-bond donors (Lipinski definition) is 1. The highest BCUT2D eigenvalue weighted by Gasteiger charge is 2.18. The smallest absolute Gasteiger partial charge is 0.314 e. The Morgan fingerprint density at radius 3 is 2.71 bits per heavy atom. The highest BCUT2D eigenvalue weighted by molar-refractivity contribution is 5.53. The first-order valence-corrected chi connectivity index (χ1v) is 6.66. The number of para-hydroxylation sites is 1. The number of ether oxygens (including phenoxy) is 1. The van der Waals surface area contributed by atoms with E-state index in [1.165, 1.54) is 6.20 Å². The fraction of sp³-hybridized carbons (Fsp3) is 0.267. The van der Waals surface area contributed by atoms with Crippen molar-refractivity contribution < 1.29 is 9.66 Å². The van der Waals surface area contributed by atoms with Crippen LogP contribution in [0.5, 0.6) is 11.5 Å². The largest absolute Gasteiger partial charge is 0.448 e. The molecule has 0 aliphatic carbocycles. The fourth-order valence-corrected chi connectivity index (χ4v) is 1.96. The van der Waals surface area contributed by atoms with Crippen LogP contribution in [0.4, 0.5) is 5.69 Å². The second-order valence-corrected chi connectivity index (χ2v) is 4.71. The van der Waals surface area contributed by atoms with Gasteiger partial charge >= 0.3 is 5.69 Å². The van der Waals surface area contributed by atoms with Crippen molar-refractivity contribution in [2.24, 2.45) is 5.73 Å². The van der Waals surface area contributed by atoms with E-state index in [1.807, 2.05) is 6.92 Å². The highest BCUT2D eigenvalue weighted by Crippen LogP contribution is 2.33. The van der Waals surface area contributed by atoms with Crippen LogP contribution < -0.4 is 10.5 Å². The predicted octanol–water partition coefficient (Wildman–Crippen LogP) is 3.50. The first kappa shape index (κ1) is 14.9. The summed E-state index contributed by atoms with van der Waals surface area (Å²) in [5.74, 6) is 0.644. The summed E-state index contributed by atoms with van der Waals surface area (Å²) in [5, 5.41) is 11.1. The summed E-state index contributed by atoms with van der Waals surface area (Å²) < 4.78 is 5.58. The molecule has 2 rings (SSSR count). The number of nitrogens with two attached hydrogens (primary N) is 1. The molecule has 1 aromatic carbocycles. The lowest BCUT2D eigenvalue weighted by Gasteiger charge is -2.10. The summed E-state index contributed by atoms with van der Waals surface area (Å²) in [7, 11) is 0. The first-order valence-electron chi connectivity index (χ1n) is 6.66. The van der Waals surface area contributed by atoms with E-state index in [-0.39, 0.29) is 17.5 Å². The number of aromatic nitrogens is 1. The lowest BCUT2D eigenvalue weighted by atomic mass is 10.1. The zero-order valence-electron chi connectivity index (χ0n) is 11.9. The number of nitro groups is 1. The zero-order chi connectivity index (χ0) is 15.4. The minimum absolute atomic E-state index is 0.0353. The maximum Gasteiger partial charge on any atom is 0.314 e. The van der Waals surface area contributed by atoms with Crippen molar-refractivity contribution in [1.82, 2.24) is 4.98 Å². The zero-order valence-corrected chi connectivity index (χ0v) is 11.9. The molecule has 0 aliphatic rings. The molecule has 1 aromatic heterocycles. The average molecular weight is 287 g/mol. The van der Waals surface area contributed by atoms with E-state index in [1.54, 1.807) is 37.3 Å². The van der Waals surface area contributed by atoms with Gasteiger partial charge in [-0.1, -0.05) is 19.1 Å². The summed E-state index contributed by atoms with van der Waals surface area (Å²) in [5.41, 5.74) is 7.17. The minimum Gasteiger partial charge on any atom is -0.448 e. The molecule has 0 fully saturated rings. The molecule has 0 bridgehead atoms. The van der Waals surface area contributed by atoms with Crippen molar-refractivity contribution in [1.29, 1.82) is 0 Å². The van der Waals surface area contributed by atoms with E-state index < -0.39 is 4.92 Å². The normalized spacial score (nSPS) is 12.0. The van der Waals surface area contributed by atoms with Gasteiger partial charge in [0.25, 0.3) is 0 Å². The van der Waals surface area contributed by atoms with Crippen LogP contribution in [-0.4, -0.2) is 9.91 Å². The van der Waals surface area contributed by atoms with Crippen LogP contribution in [-0.2, 0) is 0 Å². The summed E-state index contributed by atoms with van der Waals surface area (Å²) in [6, 6.07) is 8.32. The van der Waals surface area contributed by atoms with Crippen LogP contribution >= 0.6 is 0 Å². The number of pyridine rings is 1. The Bertz CT molecular complexity index is 641. The third kappa shape index (κ3) is 3.35. The molecular weight excluding hydrogens is 270 g/mol. The number of nitrogens with zero attached hydrogens (tertiary/aromatic N) is 2. The molecule has 0 saturated heterocycles. The highest BCUT2D eigenvalue weighted by atomic mass is 16.6. The Morgan fingerprint density at radius 1 is 1.38 bits per heavy atom. The van der Waals surface area contributed by atoms with Crippen LogP contribution in [0.15, 0.2) is 36.5 Å². The number of hydrogen-bond acceptors (Lipinski definition) is 5. The van der Waals surface area contributed by atoms with Crippen LogP contribution in [0.25, 0.3) is 0 Å². The van der Waals surface area contributed by atoms with Gasteiger partial charge in [-0.2, -0.15) is 0 Å². The molecule has 2 N–H and O–H groups in total. The molecule has 110 valence electrons. The van der Waals surface area contributed by atoms with Gasteiger partial charge < -0.3 is 10.5 Å². The van der Waals surface area contributed by atoms with E-state index in [2.05, 4.69) is 4.98 Å². The summed E-state index contributed by atoms with van der Waals surface area (Å²) in [6.07, 6.45) is 2.31. The van der Waals surface area contributed by atoms with Crippen molar-refractivity contribution in [3.8, 4) is 11.5 Å². The van der Waals surface area contributed by atoms with Gasteiger partial charge in [0.2, 0.25) is 5.75 Å². The SMILES string of the molecule is CC[C@H](N)c1ccc(Oc2cccc(C)c2[N+](=O)[O-])cn1. The molecular formula is C15H17N3O3. The van der Waals surface area contributed by atoms with Gasteiger partial charge in [0, 0.05) is 11.6 Å². The number of benzene rings is 1. The maximum absolute atomic E-state index is 11.1. The Labute approximate surface area is 122 Å². The third-order valence-electron chi connectivity index (χ3n) is 3.19. The minimum atomic E-state index is -0.445. The summed E-state index contributed by atoms with van der Waals surface area (Å²) >= 11 is 0. The summed E-state index contributed by atoms with van der Waals surface area (Å²) in [4.78, 5) is 14.9. The topological polar surface area (TPSA) is 91.3 Å². The van der Waals surface area contributed by atoms with Crippen molar-refractivity contribution in [2.75, 3.05) is 0 Å². The molecule has 0 amide bonds. The molecule has 6 heteroatoms. The Hall–Kier alpha value is -2.47. The fourth-order valence-electron chi connectivity index (χ4n) is 1.96. The first-order chi connectivity index (χ1) is 10.0. The molecule has 1 heterocycles. The van der Waals surface area contributed by atoms with Crippen molar-refractivity contribution in [3.05, 3.63) is 57.9 Å². The van der Waals surface area contributed by atoms with Crippen LogP contribution in [0.2, 0.25) is 0 Å². The van der Waals surface area contributed by atoms with Gasteiger partial charge in [-0.3, -0.25) is 15.1 Å². The quantitative estimate of drug-likeness (QED) is 0.671. The Balaban J connectivity index is 2.27. The van der Waals surface area contributed by atoms with Gasteiger partial charge in [-0.15, -0.1) is 0 Å². The average Bonchev–Trinajstić information content (AvgIpc) is 2.47. The van der Waals surface area contributed by atoms with Gasteiger partial charge in [-0.25, -0.2) is 0 Å². The van der Waals surface area contributed by atoms with Crippen molar-refractivity contribution in [3.63, 3.8) is 0 Å². The van der Waals surface area contributed by atoms with E-state index in [9.17, 15) is 10.1 Å². The molecule has 2 aromatic rings. The summed E-state index contributed by atoms with van der Waals surface area (Å²) in [6.45, 7) is 3.65. The monoisotopic (exact) mass is 287 g/mol. The standard InChI is InChI=1S/C15H17N3O3/c1-3-12(16)13-8-7-11(9-17-13)21-14-6-4-5-10(2)15(14)18(19)20/h4-9,12H,3,16H2,1-2H3/t12-/m0/s1. The van der Waals surface area contributed by atoms with E-state index >= 15 is 0 Å². The van der Waals surface area contributed by atoms with Crippen LogP contribution in [0.3, 0.4) is 0 Å². The van der Waals surface area contributed by atoms with Crippen LogP contribution in [0, 0.1) is 17.0 Å². The second kappa shape index (κ2) is 6.32. The predicted molar refractivity (Wildman–Crippen MR) is 79.4 cm³/mol. The third-order valence-corrected chi connectivity index (χ3v) is 3.19. The second-order valence-electron chi connectivity index (χ2n) is 4.71. The lowest BCUT2D eigenvalue weighted by molar-refractivity contribution is -0.386. The van der Waals surface area contributed by atoms with Gasteiger partial charge in [0.15, 0.2) is 0 Å². The number of aryl methyl sites for hydroxylation is 1. The number of rotatable bonds is 5. The van der Waals surface area contributed by atoms with Gasteiger partial charge in [-0.05, 0) is 31.5 Å². The van der Waals surface area contributed by atoms with Crippen LogP contribution in [0.1, 0.15) is 30.6 Å². The number of nitro benzene ring substituents is 1. The lowest BCUT2D eigenvalue weighted by Crippen LogP contribution is -2.10. The van der Waals surface area contributed by atoms with Crippen molar-refractivity contribution >= 4 is 5.69 Å². The molecule has 21 heavy (non-hydrogen) atoms. The maximum atomic E-state index is 11.1.